The summed E-state index contributed by atoms with van der Waals surface area (Å²) in [6.45, 7) is 7.27. The maximum absolute atomic E-state index is 12.3. The van der Waals surface area contributed by atoms with E-state index in [1.807, 2.05) is 6.07 Å². The summed E-state index contributed by atoms with van der Waals surface area (Å²) in [7, 11) is 0. The number of alkyl halides is 3. The minimum Gasteiger partial charge on any atom is -0.457 e. The van der Waals surface area contributed by atoms with Gasteiger partial charge in [0.1, 0.15) is 17.2 Å². The summed E-state index contributed by atoms with van der Waals surface area (Å²) >= 11 is 0. The van der Waals surface area contributed by atoms with Crippen molar-refractivity contribution in [1.29, 1.82) is 0 Å². The summed E-state index contributed by atoms with van der Waals surface area (Å²) < 4.78 is 46.7. The third-order valence-corrected chi connectivity index (χ3v) is 3.66. The first kappa shape index (κ1) is 19.1. The highest BCUT2D eigenvalue weighted by Crippen LogP contribution is 2.27. The summed E-state index contributed by atoms with van der Waals surface area (Å²) in [5, 5.41) is 3.14. The van der Waals surface area contributed by atoms with Crippen molar-refractivity contribution in [1.82, 2.24) is 0 Å². The monoisotopic (exact) mass is 384 g/mol. The molecule has 3 rings (SSSR count). The molecule has 0 heterocycles. The lowest BCUT2D eigenvalue weighted by Crippen LogP contribution is -2.17. The zero-order chi connectivity index (χ0) is 20.0. The van der Waals surface area contributed by atoms with Gasteiger partial charge in [-0.1, -0.05) is 30.3 Å². The molecule has 3 aromatic carbocycles. The smallest absolute Gasteiger partial charge is 0.457 e. The van der Waals surface area contributed by atoms with Crippen LogP contribution in [0.3, 0.4) is 0 Å². The maximum atomic E-state index is 12.3. The van der Waals surface area contributed by atoms with Crippen LogP contribution in [0.4, 0.5) is 24.5 Å². The molecule has 0 aliphatic carbocycles. The van der Waals surface area contributed by atoms with E-state index in [1.54, 1.807) is 48.5 Å². The van der Waals surface area contributed by atoms with Crippen LogP contribution in [0.1, 0.15) is 5.56 Å². The minimum absolute atomic E-state index is 0.258. The van der Waals surface area contributed by atoms with Crippen LogP contribution in [0, 0.1) is 6.57 Å². The molecule has 0 unspecified atom stereocenters. The Hall–Kier alpha value is -3.66. The van der Waals surface area contributed by atoms with Gasteiger partial charge >= 0.3 is 6.36 Å². The highest BCUT2D eigenvalue weighted by molar-refractivity contribution is 5.51. The van der Waals surface area contributed by atoms with E-state index < -0.39 is 6.36 Å². The summed E-state index contributed by atoms with van der Waals surface area (Å²) in [6, 6.07) is 19.7. The molecule has 0 aromatic heterocycles. The van der Waals surface area contributed by atoms with E-state index in [0.29, 0.717) is 29.3 Å². The molecule has 0 fully saturated rings. The first-order chi connectivity index (χ1) is 13.4. The van der Waals surface area contributed by atoms with Crippen molar-refractivity contribution >= 4 is 11.4 Å². The van der Waals surface area contributed by atoms with Gasteiger partial charge in [0, 0.05) is 18.3 Å². The van der Waals surface area contributed by atoms with Gasteiger partial charge in [0.2, 0.25) is 0 Å². The van der Waals surface area contributed by atoms with Crippen LogP contribution in [0.2, 0.25) is 0 Å². The molecular weight excluding hydrogens is 369 g/mol. The highest BCUT2D eigenvalue weighted by atomic mass is 19.4. The number of hydrogen-bond acceptors (Lipinski definition) is 3. The van der Waals surface area contributed by atoms with E-state index in [0.717, 1.165) is 5.69 Å². The van der Waals surface area contributed by atoms with E-state index in [1.165, 1.54) is 18.2 Å². The lowest BCUT2D eigenvalue weighted by molar-refractivity contribution is -0.274. The molecule has 4 nitrogen and oxygen atoms in total. The van der Waals surface area contributed by atoms with Gasteiger partial charge < -0.3 is 14.8 Å². The van der Waals surface area contributed by atoms with Crippen LogP contribution < -0.4 is 14.8 Å². The van der Waals surface area contributed by atoms with Gasteiger partial charge in [-0.3, -0.25) is 0 Å². The Morgan fingerprint density at radius 3 is 2.29 bits per heavy atom. The number of anilines is 1. The topological polar surface area (TPSA) is 34.8 Å². The average molecular weight is 384 g/mol. The van der Waals surface area contributed by atoms with Crippen molar-refractivity contribution in [2.75, 3.05) is 5.32 Å². The Bertz CT molecular complexity index is 980. The maximum Gasteiger partial charge on any atom is 0.573 e. The molecule has 142 valence electrons. The van der Waals surface area contributed by atoms with Gasteiger partial charge in [0.25, 0.3) is 0 Å². The van der Waals surface area contributed by atoms with Crippen molar-refractivity contribution in [3.63, 3.8) is 0 Å². The zero-order valence-corrected chi connectivity index (χ0v) is 14.5. The van der Waals surface area contributed by atoms with Crippen LogP contribution >= 0.6 is 0 Å². The van der Waals surface area contributed by atoms with E-state index in [9.17, 15) is 13.2 Å². The predicted molar refractivity (Wildman–Crippen MR) is 99.7 cm³/mol. The molecule has 3 aromatic rings. The first-order valence-electron chi connectivity index (χ1n) is 8.25. The van der Waals surface area contributed by atoms with Crippen molar-refractivity contribution in [3.8, 4) is 17.2 Å². The largest absolute Gasteiger partial charge is 0.573 e. The van der Waals surface area contributed by atoms with Gasteiger partial charge in [-0.25, -0.2) is 4.85 Å². The fourth-order valence-corrected chi connectivity index (χ4v) is 2.45. The molecule has 0 bridgehead atoms. The molecule has 0 spiro atoms. The number of ether oxygens (including phenoxy) is 2. The highest BCUT2D eigenvalue weighted by Gasteiger charge is 2.31. The molecule has 0 atom stereocenters. The van der Waals surface area contributed by atoms with Crippen molar-refractivity contribution in [2.45, 2.75) is 12.9 Å². The normalized spacial score (nSPS) is 10.8. The summed E-state index contributed by atoms with van der Waals surface area (Å²) in [6.07, 6.45) is -4.72. The first-order valence-corrected chi connectivity index (χ1v) is 8.25. The van der Waals surface area contributed by atoms with E-state index >= 15 is 0 Å². The van der Waals surface area contributed by atoms with Gasteiger partial charge in [-0.05, 0) is 42.0 Å². The van der Waals surface area contributed by atoms with Gasteiger partial charge in [0.05, 0.1) is 6.57 Å². The molecular formula is C21H15F3N2O2. The van der Waals surface area contributed by atoms with Crippen molar-refractivity contribution in [3.05, 3.63) is 89.8 Å². The van der Waals surface area contributed by atoms with E-state index in [-0.39, 0.29) is 5.75 Å². The van der Waals surface area contributed by atoms with Crippen molar-refractivity contribution in [2.24, 2.45) is 0 Å². The van der Waals surface area contributed by atoms with Gasteiger partial charge in [0.15, 0.2) is 5.69 Å². The number of benzene rings is 3. The van der Waals surface area contributed by atoms with Crippen molar-refractivity contribution < 1.29 is 22.6 Å². The number of hydrogen-bond donors (Lipinski definition) is 1. The van der Waals surface area contributed by atoms with Crippen LogP contribution in [-0.4, -0.2) is 6.36 Å². The van der Waals surface area contributed by atoms with Crippen LogP contribution in [-0.2, 0) is 6.54 Å². The van der Waals surface area contributed by atoms with Crippen LogP contribution in [0.15, 0.2) is 72.8 Å². The molecule has 0 aliphatic rings. The number of nitrogens with one attached hydrogen (secondary N) is 1. The Morgan fingerprint density at radius 1 is 0.857 bits per heavy atom. The molecule has 0 saturated heterocycles. The molecule has 0 aliphatic heterocycles. The van der Waals surface area contributed by atoms with Crippen LogP contribution in [0.25, 0.3) is 4.85 Å². The quantitative estimate of drug-likeness (QED) is 0.490. The molecule has 1 N–H and O–H groups in total. The molecule has 7 heteroatoms. The zero-order valence-electron chi connectivity index (χ0n) is 14.5. The third-order valence-electron chi connectivity index (χ3n) is 3.66. The SMILES string of the molecule is [C-]#[N+]c1ccc(Oc2cccc(NCc3cccc(OC(F)(F)F)c3)c2)cc1. The summed E-state index contributed by atoms with van der Waals surface area (Å²) in [5.74, 6) is 0.933. The fourth-order valence-electron chi connectivity index (χ4n) is 2.45. The lowest BCUT2D eigenvalue weighted by Gasteiger charge is -2.12. The molecule has 0 amide bonds. The number of halogens is 3. The van der Waals surface area contributed by atoms with Gasteiger partial charge in [-0.2, -0.15) is 0 Å². The summed E-state index contributed by atoms with van der Waals surface area (Å²) in [4.78, 5) is 3.32. The standard InChI is InChI=1S/C21H15F3N2O2/c1-25-16-8-10-18(11-9-16)27-19-6-3-5-17(13-19)26-14-15-4-2-7-20(12-15)28-21(22,23)24/h2-13,26H,14H2. The molecule has 0 saturated carbocycles. The predicted octanol–water partition coefficient (Wildman–Crippen LogP) is 6.54. The minimum atomic E-state index is -4.72. The number of nitrogens with zero attached hydrogens (tertiary/aromatic N) is 1. The second-order valence-corrected chi connectivity index (χ2v) is 5.78. The van der Waals surface area contributed by atoms with E-state index in [2.05, 4.69) is 14.9 Å². The third kappa shape index (κ3) is 5.68. The Balaban J connectivity index is 1.63. The molecule has 0 radical (unpaired) electrons. The second kappa shape index (κ2) is 8.35. The number of rotatable bonds is 6. The Kier molecular flexibility index (Phi) is 5.70. The Labute approximate surface area is 160 Å². The van der Waals surface area contributed by atoms with Gasteiger partial charge in [-0.15, -0.1) is 13.2 Å². The Morgan fingerprint density at radius 2 is 1.57 bits per heavy atom. The van der Waals surface area contributed by atoms with Crippen LogP contribution in [0.5, 0.6) is 17.2 Å². The molecule has 28 heavy (non-hydrogen) atoms. The lowest BCUT2D eigenvalue weighted by atomic mass is 10.2. The summed E-state index contributed by atoms with van der Waals surface area (Å²) in [5.41, 5.74) is 1.92. The average Bonchev–Trinajstić information content (AvgIpc) is 2.66. The second-order valence-electron chi connectivity index (χ2n) is 5.78. The van der Waals surface area contributed by atoms with E-state index in [4.69, 9.17) is 11.3 Å². The fraction of sp³-hybridized carbons (Fsp3) is 0.0952.